The third kappa shape index (κ3) is 3.64. The van der Waals surface area contributed by atoms with Crippen LogP contribution in [0, 0.1) is 6.92 Å². The zero-order chi connectivity index (χ0) is 19.0. The maximum atomic E-state index is 4.78. The summed E-state index contributed by atoms with van der Waals surface area (Å²) in [6.45, 7) is 8.78. The van der Waals surface area contributed by atoms with Gasteiger partial charge in [0.15, 0.2) is 5.65 Å². The lowest BCUT2D eigenvalue weighted by Gasteiger charge is -2.35. The number of pyridine rings is 1. The number of anilines is 1. The van der Waals surface area contributed by atoms with Crippen LogP contribution in [0.15, 0.2) is 24.7 Å². The highest BCUT2D eigenvalue weighted by Crippen LogP contribution is 2.24. The van der Waals surface area contributed by atoms with E-state index in [1.54, 1.807) is 12.4 Å². The Morgan fingerprint density at radius 2 is 1.93 bits per heavy atom. The molecule has 0 aromatic carbocycles. The predicted molar refractivity (Wildman–Crippen MR) is 108 cm³/mol. The minimum atomic E-state index is 0.450. The van der Waals surface area contributed by atoms with Crippen molar-refractivity contribution in [1.29, 1.82) is 0 Å². The van der Waals surface area contributed by atoms with E-state index in [2.05, 4.69) is 45.2 Å². The molecule has 0 radical (unpaired) electrons. The van der Waals surface area contributed by atoms with Gasteiger partial charge in [0, 0.05) is 49.4 Å². The summed E-state index contributed by atoms with van der Waals surface area (Å²) in [7, 11) is 1.91. The number of nitrogens with one attached hydrogen (secondary N) is 1. The van der Waals surface area contributed by atoms with Crippen LogP contribution < -0.4 is 5.32 Å². The zero-order valence-electron chi connectivity index (χ0n) is 16.5. The normalized spacial score (nSPS) is 16.3. The molecule has 0 amide bonds. The highest BCUT2D eigenvalue weighted by atomic mass is 15.3. The number of hydrogen-bond acceptors (Lipinski definition) is 6. The van der Waals surface area contributed by atoms with Gasteiger partial charge >= 0.3 is 0 Å². The smallest absolute Gasteiger partial charge is 0.157 e. The third-order valence-electron chi connectivity index (χ3n) is 5.41. The number of aryl methyl sites for hydroxylation is 2. The molecule has 4 heterocycles. The molecule has 1 fully saturated rings. The number of nitrogens with zero attached hydrogens (tertiary/aromatic N) is 6. The number of hydrogen-bond donors (Lipinski definition) is 1. The van der Waals surface area contributed by atoms with E-state index in [9.17, 15) is 0 Å². The number of rotatable bonds is 4. The van der Waals surface area contributed by atoms with Gasteiger partial charge in [-0.05, 0) is 39.7 Å². The van der Waals surface area contributed by atoms with Gasteiger partial charge in [-0.1, -0.05) is 0 Å². The van der Waals surface area contributed by atoms with Crippen LogP contribution >= 0.6 is 0 Å². The van der Waals surface area contributed by atoms with Crippen LogP contribution in [0.5, 0.6) is 0 Å². The van der Waals surface area contributed by atoms with Crippen molar-refractivity contribution in [3.05, 3.63) is 30.4 Å². The van der Waals surface area contributed by atoms with E-state index in [0.29, 0.717) is 12.1 Å². The quantitative estimate of drug-likeness (QED) is 0.766. The number of piperidine rings is 1. The molecule has 27 heavy (non-hydrogen) atoms. The summed E-state index contributed by atoms with van der Waals surface area (Å²) in [5.74, 6) is 0.832. The Hall–Kier alpha value is -2.54. The van der Waals surface area contributed by atoms with Gasteiger partial charge in [-0.15, -0.1) is 0 Å². The molecule has 0 saturated carbocycles. The van der Waals surface area contributed by atoms with Gasteiger partial charge in [-0.3, -0.25) is 9.67 Å². The maximum absolute atomic E-state index is 4.78. The van der Waals surface area contributed by atoms with Gasteiger partial charge in [-0.25, -0.2) is 9.97 Å². The monoisotopic (exact) mass is 365 g/mol. The van der Waals surface area contributed by atoms with Crippen molar-refractivity contribution < 1.29 is 0 Å². The first-order chi connectivity index (χ1) is 13.0. The van der Waals surface area contributed by atoms with Crippen molar-refractivity contribution in [2.24, 2.45) is 7.05 Å². The molecule has 1 aliphatic rings. The first-order valence-corrected chi connectivity index (χ1v) is 9.63. The van der Waals surface area contributed by atoms with Gasteiger partial charge < -0.3 is 10.2 Å². The molecule has 7 heteroatoms. The molecule has 4 rings (SSSR count). The van der Waals surface area contributed by atoms with Gasteiger partial charge in [0.05, 0.1) is 23.8 Å². The molecule has 142 valence electrons. The average molecular weight is 365 g/mol. The molecule has 3 aromatic rings. The molecule has 0 atom stereocenters. The number of likely N-dealkylation sites (tertiary alicyclic amines) is 1. The van der Waals surface area contributed by atoms with Crippen molar-refractivity contribution in [3.63, 3.8) is 0 Å². The van der Waals surface area contributed by atoms with E-state index < -0.39 is 0 Å². The second kappa shape index (κ2) is 7.23. The fraction of sp³-hybridized carbons (Fsp3) is 0.500. The number of aromatic nitrogens is 5. The molecule has 3 aromatic heterocycles. The van der Waals surface area contributed by atoms with Gasteiger partial charge in [0.1, 0.15) is 5.82 Å². The van der Waals surface area contributed by atoms with E-state index in [4.69, 9.17) is 4.98 Å². The lowest BCUT2D eigenvalue weighted by Crippen LogP contribution is -2.42. The second-order valence-corrected chi connectivity index (χ2v) is 7.64. The Balaban J connectivity index is 1.52. The van der Waals surface area contributed by atoms with E-state index in [1.165, 1.54) is 0 Å². The number of fused-ring (bicyclic) bond motifs is 1. The summed E-state index contributed by atoms with van der Waals surface area (Å²) in [5, 5.41) is 9.06. The molecule has 0 unspecified atom stereocenters. The zero-order valence-corrected chi connectivity index (χ0v) is 16.5. The van der Waals surface area contributed by atoms with Crippen molar-refractivity contribution in [2.75, 3.05) is 18.4 Å². The van der Waals surface area contributed by atoms with Gasteiger partial charge in [0.2, 0.25) is 0 Å². The summed E-state index contributed by atoms with van der Waals surface area (Å²) < 4.78 is 1.81. The molecule has 0 bridgehead atoms. The van der Waals surface area contributed by atoms with E-state index in [-0.39, 0.29) is 0 Å². The van der Waals surface area contributed by atoms with Crippen molar-refractivity contribution in [2.45, 2.75) is 45.7 Å². The highest BCUT2D eigenvalue weighted by molar-refractivity contribution is 5.82. The standard InChI is InChI=1S/C20H27N7/c1-13(2)27-7-5-16(6-8-27)23-19-12-21-11-18(24-19)15-9-17-14(3)25-26(4)20(17)22-10-15/h9-13,16H,5-8H2,1-4H3,(H,23,24). The molecule has 1 N–H and O–H groups in total. The predicted octanol–water partition coefficient (Wildman–Crippen LogP) is 3.02. The summed E-state index contributed by atoms with van der Waals surface area (Å²) in [5.41, 5.74) is 3.65. The van der Waals surface area contributed by atoms with Crippen LogP contribution in [-0.2, 0) is 7.05 Å². The van der Waals surface area contributed by atoms with Crippen LogP contribution in [0.4, 0.5) is 5.82 Å². The Morgan fingerprint density at radius 3 is 2.67 bits per heavy atom. The van der Waals surface area contributed by atoms with Crippen LogP contribution in [0.3, 0.4) is 0 Å². The average Bonchev–Trinajstić information content (AvgIpc) is 2.96. The first kappa shape index (κ1) is 17.9. The first-order valence-electron chi connectivity index (χ1n) is 9.63. The second-order valence-electron chi connectivity index (χ2n) is 7.64. The Bertz CT molecular complexity index is 939. The van der Waals surface area contributed by atoms with E-state index >= 15 is 0 Å². The topological polar surface area (TPSA) is 71.8 Å². The Kier molecular flexibility index (Phi) is 4.78. The van der Waals surface area contributed by atoms with Crippen LogP contribution in [0.25, 0.3) is 22.3 Å². The van der Waals surface area contributed by atoms with Crippen molar-refractivity contribution in [3.8, 4) is 11.3 Å². The molecule has 7 nitrogen and oxygen atoms in total. The fourth-order valence-corrected chi connectivity index (χ4v) is 3.79. The van der Waals surface area contributed by atoms with Crippen molar-refractivity contribution >= 4 is 16.9 Å². The summed E-state index contributed by atoms with van der Waals surface area (Å²) in [6.07, 6.45) is 7.71. The molecule has 0 aliphatic carbocycles. The van der Waals surface area contributed by atoms with Crippen LogP contribution in [0.2, 0.25) is 0 Å². The highest BCUT2D eigenvalue weighted by Gasteiger charge is 2.21. The molecule has 0 spiro atoms. The Labute approximate surface area is 159 Å². The molecular weight excluding hydrogens is 338 g/mol. The maximum Gasteiger partial charge on any atom is 0.157 e. The summed E-state index contributed by atoms with van der Waals surface area (Å²) >= 11 is 0. The molecule has 1 saturated heterocycles. The van der Waals surface area contributed by atoms with Gasteiger partial charge in [0.25, 0.3) is 0 Å². The van der Waals surface area contributed by atoms with Gasteiger partial charge in [-0.2, -0.15) is 5.10 Å². The van der Waals surface area contributed by atoms with Crippen LogP contribution in [0.1, 0.15) is 32.4 Å². The summed E-state index contributed by atoms with van der Waals surface area (Å²) in [4.78, 5) is 16.3. The minimum Gasteiger partial charge on any atom is -0.366 e. The van der Waals surface area contributed by atoms with Crippen LogP contribution in [-0.4, -0.2) is 54.8 Å². The molecular formula is C20H27N7. The minimum absolute atomic E-state index is 0.450. The van der Waals surface area contributed by atoms with Crippen molar-refractivity contribution in [1.82, 2.24) is 29.6 Å². The lowest BCUT2D eigenvalue weighted by atomic mass is 10.0. The lowest BCUT2D eigenvalue weighted by molar-refractivity contribution is 0.177. The fourth-order valence-electron chi connectivity index (χ4n) is 3.79. The largest absolute Gasteiger partial charge is 0.366 e. The Morgan fingerprint density at radius 1 is 1.15 bits per heavy atom. The summed E-state index contributed by atoms with van der Waals surface area (Å²) in [6, 6.07) is 3.16. The molecule has 1 aliphatic heterocycles. The van der Waals surface area contributed by atoms with E-state index in [0.717, 1.165) is 59.7 Å². The third-order valence-corrected chi connectivity index (χ3v) is 5.41. The SMILES string of the molecule is Cc1nn(C)c2ncc(-c3cncc(NC4CCN(C(C)C)CC4)n3)cc12. The van der Waals surface area contributed by atoms with E-state index in [1.807, 2.05) is 24.9 Å².